The van der Waals surface area contributed by atoms with Crippen LogP contribution < -0.4 is 14.2 Å². The quantitative estimate of drug-likeness (QED) is 0.432. The van der Waals surface area contributed by atoms with E-state index in [1.165, 1.54) is 38.6 Å². The van der Waals surface area contributed by atoms with Gasteiger partial charge >= 0.3 is 0 Å². The molecule has 0 aromatic heterocycles. The van der Waals surface area contributed by atoms with E-state index in [0.717, 1.165) is 5.56 Å². The number of ether oxygens (including phenoxy) is 4. The summed E-state index contributed by atoms with van der Waals surface area (Å²) < 4.78 is 52.0. The summed E-state index contributed by atoms with van der Waals surface area (Å²) in [5.41, 5.74) is -1.22. The van der Waals surface area contributed by atoms with Crippen LogP contribution in [0.1, 0.15) is 26.3 Å². The van der Waals surface area contributed by atoms with Crippen LogP contribution in [-0.4, -0.2) is 71.6 Å². The molecule has 37 heavy (non-hydrogen) atoms. The van der Waals surface area contributed by atoms with Crippen LogP contribution in [0.15, 0.2) is 57.3 Å². The van der Waals surface area contributed by atoms with E-state index in [9.17, 15) is 13.5 Å². The molecule has 1 heterocycles. The first kappa shape index (κ1) is 28.9. The number of nitrogens with one attached hydrogen (secondary N) is 1. The van der Waals surface area contributed by atoms with Gasteiger partial charge in [-0.05, 0) is 35.2 Å². The van der Waals surface area contributed by atoms with E-state index in [0.29, 0.717) is 5.75 Å². The van der Waals surface area contributed by atoms with E-state index in [1.54, 1.807) is 24.3 Å². The van der Waals surface area contributed by atoms with Gasteiger partial charge in [-0.3, -0.25) is 4.99 Å². The predicted molar refractivity (Wildman–Crippen MR) is 141 cm³/mol. The zero-order valence-electron chi connectivity index (χ0n) is 21.4. The summed E-state index contributed by atoms with van der Waals surface area (Å²) in [6, 6.07) is 11.2. The zero-order valence-corrected chi connectivity index (χ0v) is 23.0. The molecule has 2 aromatic carbocycles. The predicted octanol–water partition coefficient (Wildman–Crippen LogP) is 3.16. The van der Waals surface area contributed by atoms with E-state index in [1.807, 2.05) is 20.8 Å². The van der Waals surface area contributed by atoms with Crippen LogP contribution in [0.3, 0.4) is 0 Å². The third kappa shape index (κ3) is 6.99. The van der Waals surface area contributed by atoms with Gasteiger partial charge in [0.05, 0.1) is 36.5 Å². The lowest BCUT2D eigenvalue weighted by atomic mass is 9.87. The van der Waals surface area contributed by atoms with Crippen LogP contribution in [0.5, 0.6) is 11.5 Å². The summed E-state index contributed by atoms with van der Waals surface area (Å²) in [5, 5.41) is 9.57. The SMILES string of the molecule is COCC1N=CC(NS(=O)(=O)c2ccc(C(C)(C)C)cc2)(Oc2cc(OC)ccc2Cl)C(OCCO)=N1. The highest BCUT2D eigenvalue weighted by atomic mass is 35.5. The molecule has 2 unspecified atom stereocenters. The molecular weight excluding hydrogens is 522 g/mol. The minimum Gasteiger partial charge on any atom is -0.497 e. The van der Waals surface area contributed by atoms with E-state index in [-0.39, 0.29) is 46.8 Å². The largest absolute Gasteiger partial charge is 0.497 e. The number of aliphatic imine (C=N–C) groups is 2. The number of rotatable bonds is 10. The van der Waals surface area contributed by atoms with Crippen molar-refractivity contribution in [1.29, 1.82) is 0 Å². The van der Waals surface area contributed by atoms with Gasteiger partial charge in [0.25, 0.3) is 11.6 Å². The Morgan fingerprint density at radius 2 is 1.84 bits per heavy atom. The number of sulfonamides is 1. The minimum atomic E-state index is -4.21. The van der Waals surface area contributed by atoms with Crippen LogP contribution in [0.2, 0.25) is 5.02 Å². The Hall–Kier alpha value is -2.70. The third-order valence-electron chi connectivity index (χ3n) is 5.38. The van der Waals surface area contributed by atoms with Crippen LogP contribution in [0, 0.1) is 0 Å². The van der Waals surface area contributed by atoms with Crippen molar-refractivity contribution in [2.75, 3.05) is 34.0 Å². The number of aliphatic hydroxyl groups is 1. The number of hydrogen-bond donors (Lipinski definition) is 2. The van der Waals surface area contributed by atoms with Gasteiger partial charge in [-0.25, -0.2) is 13.4 Å². The van der Waals surface area contributed by atoms with Crippen molar-refractivity contribution in [3.8, 4) is 11.5 Å². The summed E-state index contributed by atoms with van der Waals surface area (Å²) in [4.78, 5) is 8.70. The first-order valence-corrected chi connectivity index (χ1v) is 13.3. The molecule has 0 spiro atoms. The average molecular weight is 554 g/mol. The van der Waals surface area contributed by atoms with Crippen LogP contribution >= 0.6 is 11.6 Å². The van der Waals surface area contributed by atoms with Crippen molar-refractivity contribution >= 4 is 33.7 Å². The van der Waals surface area contributed by atoms with Gasteiger partial charge in [-0.1, -0.05) is 44.5 Å². The highest BCUT2D eigenvalue weighted by Crippen LogP contribution is 2.33. The third-order valence-corrected chi connectivity index (χ3v) is 7.16. The molecule has 0 aliphatic carbocycles. The van der Waals surface area contributed by atoms with Gasteiger partial charge in [-0.15, -0.1) is 0 Å². The van der Waals surface area contributed by atoms with Gasteiger partial charge in [0.15, 0.2) is 6.17 Å². The van der Waals surface area contributed by atoms with Crippen LogP contribution in [-0.2, 0) is 24.9 Å². The molecule has 0 saturated heterocycles. The molecule has 0 radical (unpaired) electrons. The number of aliphatic hydroxyl groups excluding tert-OH is 1. The maximum absolute atomic E-state index is 13.6. The molecule has 0 saturated carbocycles. The highest BCUT2D eigenvalue weighted by Gasteiger charge is 2.46. The fourth-order valence-electron chi connectivity index (χ4n) is 3.44. The van der Waals surface area contributed by atoms with Gasteiger partial charge in [-0.2, -0.15) is 4.72 Å². The number of benzene rings is 2. The lowest BCUT2D eigenvalue weighted by molar-refractivity contribution is 0.124. The Morgan fingerprint density at radius 1 is 1.14 bits per heavy atom. The molecule has 202 valence electrons. The van der Waals surface area contributed by atoms with Crippen molar-refractivity contribution < 1.29 is 32.5 Å². The molecule has 0 amide bonds. The number of halogens is 1. The molecule has 1 aliphatic rings. The van der Waals surface area contributed by atoms with Crippen molar-refractivity contribution in [1.82, 2.24) is 4.72 Å². The monoisotopic (exact) mass is 553 g/mol. The molecule has 2 atom stereocenters. The van der Waals surface area contributed by atoms with Crippen molar-refractivity contribution in [3.05, 3.63) is 53.1 Å². The van der Waals surface area contributed by atoms with Crippen LogP contribution in [0.25, 0.3) is 0 Å². The summed E-state index contributed by atoms with van der Waals surface area (Å²) in [7, 11) is -1.25. The molecule has 1 aliphatic heterocycles. The van der Waals surface area contributed by atoms with Crippen LogP contribution in [0.4, 0.5) is 0 Å². The molecule has 10 nitrogen and oxygen atoms in total. The van der Waals surface area contributed by atoms with Gasteiger partial charge in [0.2, 0.25) is 10.0 Å². The molecule has 3 rings (SSSR count). The van der Waals surface area contributed by atoms with Crippen molar-refractivity contribution in [2.24, 2.45) is 9.98 Å². The Labute approximate surface area is 222 Å². The number of nitrogens with zero attached hydrogens (tertiary/aromatic N) is 2. The van der Waals surface area contributed by atoms with E-state index in [4.69, 9.17) is 30.5 Å². The Morgan fingerprint density at radius 3 is 2.43 bits per heavy atom. The average Bonchev–Trinajstić information content (AvgIpc) is 2.85. The standard InChI is InChI=1S/C25H32ClN3O7S/c1-24(2,3)17-6-9-19(10-7-17)37(31,32)29-25(36-21-14-18(34-5)8-11-20(21)26)16-27-22(15-33-4)28-23(25)35-13-12-30/h6-11,14,16,22,29-30H,12-13,15H2,1-5H3. The maximum Gasteiger partial charge on any atom is 0.285 e. The Kier molecular flexibility index (Phi) is 9.19. The fraction of sp³-hybridized carbons (Fsp3) is 0.440. The smallest absolute Gasteiger partial charge is 0.285 e. The van der Waals surface area contributed by atoms with E-state index < -0.39 is 21.9 Å². The number of hydrogen-bond acceptors (Lipinski definition) is 9. The second kappa shape index (κ2) is 11.8. The van der Waals surface area contributed by atoms with Crippen molar-refractivity contribution in [2.45, 2.75) is 43.0 Å². The van der Waals surface area contributed by atoms with Gasteiger partial charge in [0.1, 0.15) is 18.1 Å². The second-order valence-corrected chi connectivity index (χ2v) is 11.3. The topological polar surface area (TPSA) is 128 Å². The second-order valence-electron chi connectivity index (χ2n) is 9.23. The molecule has 0 fully saturated rings. The zero-order chi connectivity index (χ0) is 27.3. The first-order chi connectivity index (χ1) is 17.4. The van der Waals surface area contributed by atoms with Gasteiger partial charge < -0.3 is 24.1 Å². The summed E-state index contributed by atoms with van der Waals surface area (Å²) in [6.07, 6.45) is 0.527. The Bertz CT molecular complexity index is 1240. The molecule has 2 N–H and O–H groups in total. The highest BCUT2D eigenvalue weighted by molar-refractivity contribution is 7.89. The maximum atomic E-state index is 13.6. The fourth-order valence-corrected chi connectivity index (χ4v) is 4.79. The Balaban J connectivity index is 2.10. The molecule has 2 aromatic rings. The lowest BCUT2D eigenvalue weighted by Gasteiger charge is -2.35. The summed E-state index contributed by atoms with van der Waals surface area (Å²) >= 11 is 6.37. The van der Waals surface area contributed by atoms with E-state index in [2.05, 4.69) is 14.7 Å². The van der Waals surface area contributed by atoms with Crippen molar-refractivity contribution in [3.63, 3.8) is 0 Å². The normalized spacial score (nSPS) is 19.9. The minimum absolute atomic E-state index is 0.00543. The molecular formula is C25H32ClN3O7S. The molecule has 12 heteroatoms. The summed E-state index contributed by atoms with van der Waals surface area (Å²) in [5.74, 6) is 0.339. The number of methoxy groups -OCH3 is 2. The van der Waals surface area contributed by atoms with Gasteiger partial charge in [0, 0.05) is 13.2 Å². The van der Waals surface area contributed by atoms with E-state index >= 15 is 0 Å². The lowest BCUT2D eigenvalue weighted by Crippen LogP contribution is -2.62. The molecule has 0 bridgehead atoms. The summed E-state index contributed by atoms with van der Waals surface area (Å²) in [6.45, 7) is 5.69. The first-order valence-electron chi connectivity index (χ1n) is 11.5.